The SMILES string of the molecule is CNC(=S)NCCNc1nc2cc(C)c(C)cc2cc1C#N. The van der Waals surface area contributed by atoms with E-state index >= 15 is 0 Å². The number of thiocarbonyl (C=S) groups is 1. The van der Waals surface area contributed by atoms with E-state index < -0.39 is 0 Å². The van der Waals surface area contributed by atoms with Crippen molar-refractivity contribution in [2.45, 2.75) is 13.8 Å². The van der Waals surface area contributed by atoms with Gasteiger partial charge in [-0.05, 0) is 55.4 Å². The third-order valence-electron chi connectivity index (χ3n) is 3.48. The molecule has 0 aliphatic rings. The Kier molecular flexibility index (Phi) is 5.12. The Labute approximate surface area is 135 Å². The lowest BCUT2D eigenvalue weighted by Gasteiger charge is -2.11. The number of anilines is 1. The van der Waals surface area contributed by atoms with Gasteiger partial charge in [-0.1, -0.05) is 0 Å². The molecule has 114 valence electrons. The van der Waals surface area contributed by atoms with Crippen LogP contribution < -0.4 is 16.0 Å². The number of benzene rings is 1. The van der Waals surface area contributed by atoms with E-state index in [1.165, 1.54) is 11.1 Å². The molecule has 1 aromatic heterocycles. The Bertz CT molecular complexity index is 748. The first-order chi connectivity index (χ1) is 10.5. The first kappa shape index (κ1) is 16.0. The van der Waals surface area contributed by atoms with Crippen LogP contribution in [0.25, 0.3) is 10.9 Å². The van der Waals surface area contributed by atoms with Gasteiger partial charge in [0.25, 0.3) is 0 Å². The molecule has 2 rings (SSSR count). The van der Waals surface area contributed by atoms with E-state index in [2.05, 4.69) is 46.9 Å². The minimum Gasteiger partial charge on any atom is -0.367 e. The quantitative estimate of drug-likeness (QED) is 0.594. The van der Waals surface area contributed by atoms with Crippen molar-refractivity contribution in [1.29, 1.82) is 5.26 Å². The van der Waals surface area contributed by atoms with Crippen LogP contribution in [0.5, 0.6) is 0 Å². The molecule has 6 heteroatoms. The fourth-order valence-electron chi connectivity index (χ4n) is 2.11. The third kappa shape index (κ3) is 3.62. The highest BCUT2D eigenvalue weighted by Crippen LogP contribution is 2.22. The van der Waals surface area contributed by atoms with Gasteiger partial charge >= 0.3 is 0 Å². The molecule has 0 unspecified atom stereocenters. The summed E-state index contributed by atoms with van der Waals surface area (Å²) in [7, 11) is 1.77. The summed E-state index contributed by atoms with van der Waals surface area (Å²) in [6.07, 6.45) is 0. The molecule has 2 aromatic rings. The predicted octanol–water partition coefficient (Wildman–Crippen LogP) is 2.23. The molecule has 0 radical (unpaired) electrons. The van der Waals surface area contributed by atoms with Gasteiger partial charge in [0.1, 0.15) is 11.9 Å². The van der Waals surface area contributed by atoms with Gasteiger partial charge in [-0.2, -0.15) is 5.26 Å². The average molecular weight is 313 g/mol. The van der Waals surface area contributed by atoms with Crippen molar-refractivity contribution in [2.75, 3.05) is 25.5 Å². The molecule has 0 atom stereocenters. The molecule has 0 saturated heterocycles. The standard InChI is InChI=1S/C16H19N5S/c1-10-6-12-8-13(9-17)15(21-14(12)7-11(10)2)19-4-5-20-16(22)18-3/h6-8H,4-5H2,1-3H3,(H,19,21)(H2,18,20,22). The smallest absolute Gasteiger partial charge is 0.166 e. The Balaban J connectivity index is 2.20. The minimum atomic E-state index is 0.548. The topological polar surface area (TPSA) is 72.8 Å². The normalized spacial score (nSPS) is 10.1. The fourth-order valence-corrected chi connectivity index (χ4v) is 2.21. The monoisotopic (exact) mass is 313 g/mol. The molecule has 3 N–H and O–H groups in total. The number of nitrogens with zero attached hydrogens (tertiary/aromatic N) is 2. The van der Waals surface area contributed by atoms with Crippen LogP contribution in [-0.4, -0.2) is 30.2 Å². The van der Waals surface area contributed by atoms with Gasteiger partial charge in [-0.25, -0.2) is 4.98 Å². The zero-order valence-corrected chi connectivity index (χ0v) is 13.8. The van der Waals surface area contributed by atoms with E-state index in [4.69, 9.17) is 12.2 Å². The summed E-state index contributed by atoms with van der Waals surface area (Å²) >= 11 is 5.01. The van der Waals surface area contributed by atoms with Crippen LogP contribution in [0.3, 0.4) is 0 Å². The van der Waals surface area contributed by atoms with Crippen LogP contribution >= 0.6 is 12.2 Å². The lowest BCUT2D eigenvalue weighted by molar-refractivity contribution is 0.884. The number of pyridine rings is 1. The van der Waals surface area contributed by atoms with Crippen LogP contribution in [0.15, 0.2) is 18.2 Å². The molecule has 0 bridgehead atoms. The first-order valence-corrected chi connectivity index (χ1v) is 7.47. The van der Waals surface area contributed by atoms with Crippen molar-refractivity contribution in [1.82, 2.24) is 15.6 Å². The lowest BCUT2D eigenvalue weighted by atomic mass is 10.0. The fraction of sp³-hybridized carbons (Fsp3) is 0.312. The van der Waals surface area contributed by atoms with Crippen molar-refractivity contribution >= 4 is 34.1 Å². The molecular formula is C16H19N5S. The number of nitriles is 1. The number of nitrogens with one attached hydrogen (secondary N) is 3. The van der Waals surface area contributed by atoms with Gasteiger partial charge < -0.3 is 16.0 Å². The van der Waals surface area contributed by atoms with Crippen LogP contribution in [0.2, 0.25) is 0 Å². The molecule has 0 aliphatic heterocycles. The summed E-state index contributed by atoms with van der Waals surface area (Å²) in [6, 6.07) is 8.19. The van der Waals surface area contributed by atoms with Crippen molar-refractivity contribution in [3.63, 3.8) is 0 Å². The Morgan fingerprint density at radius 2 is 1.95 bits per heavy atom. The Hall–Kier alpha value is -2.39. The maximum atomic E-state index is 9.31. The number of aryl methyl sites for hydroxylation is 2. The molecule has 0 aliphatic carbocycles. The lowest BCUT2D eigenvalue weighted by Crippen LogP contribution is -2.35. The van der Waals surface area contributed by atoms with E-state index in [0.29, 0.717) is 29.6 Å². The highest BCUT2D eigenvalue weighted by Gasteiger charge is 2.07. The number of aromatic nitrogens is 1. The summed E-state index contributed by atoms with van der Waals surface area (Å²) in [5.41, 5.74) is 3.83. The second kappa shape index (κ2) is 7.05. The second-order valence-corrected chi connectivity index (χ2v) is 5.47. The minimum absolute atomic E-state index is 0.548. The van der Waals surface area contributed by atoms with Crippen LogP contribution in [0, 0.1) is 25.2 Å². The van der Waals surface area contributed by atoms with E-state index in [-0.39, 0.29) is 0 Å². The predicted molar refractivity (Wildman–Crippen MR) is 94.1 cm³/mol. The molecule has 22 heavy (non-hydrogen) atoms. The maximum absolute atomic E-state index is 9.31. The van der Waals surface area contributed by atoms with Crippen LogP contribution in [0.1, 0.15) is 16.7 Å². The first-order valence-electron chi connectivity index (χ1n) is 7.06. The van der Waals surface area contributed by atoms with E-state index in [9.17, 15) is 5.26 Å². The number of rotatable bonds is 4. The van der Waals surface area contributed by atoms with Gasteiger partial charge in [-0.15, -0.1) is 0 Å². The molecule has 0 fully saturated rings. The van der Waals surface area contributed by atoms with E-state index in [1.807, 2.05) is 12.1 Å². The van der Waals surface area contributed by atoms with Crippen molar-refractivity contribution < 1.29 is 0 Å². The largest absolute Gasteiger partial charge is 0.367 e. The van der Waals surface area contributed by atoms with Gasteiger partial charge in [0.05, 0.1) is 11.1 Å². The van der Waals surface area contributed by atoms with E-state index in [1.54, 1.807) is 7.05 Å². The number of hydrogen-bond donors (Lipinski definition) is 3. The Morgan fingerprint density at radius 3 is 2.64 bits per heavy atom. The van der Waals surface area contributed by atoms with Gasteiger partial charge in [0.2, 0.25) is 0 Å². The Morgan fingerprint density at radius 1 is 1.23 bits per heavy atom. The molecule has 0 saturated carbocycles. The summed E-state index contributed by atoms with van der Waals surface area (Å²) in [5.74, 6) is 0.607. The van der Waals surface area contributed by atoms with Crippen molar-refractivity contribution in [3.05, 3.63) is 34.9 Å². The van der Waals surface area contributed by atoms with Gasteiger partial charge in [-0.3, -0.25) is 0 Å². The molecule has 0 spiro atoms. The average Bonchev–Trinajstić information content (AvgIpc) is 2.52. The second-order valence-electron chi connectivity index (χ2n) is 5.06. The van der Waals surface area contributed by atoms with Gasteiger partial charge in [0, 0.05) is 25.5 Å². The molecule has 1 heterocycles. The van der Waals surface area contributed by atoms with Gasteiger partial charge in [0.15, 0.2) is 5.11 Å². The van der Waals surface area contributed by atoms with E-state index in [0.717, 1.165) is 10.9 Å². The third-order valence-corrected chi connectivity index (χ3v) is 3.83. The maximum Gasteiger partial charge on any atom is 0.166 e. The zero-order valence-electron chi connectivity index (χ0n) is 12.9. The molecule has 5 nitrogen and oxygen atoms in total. The van der Waals surface area contributed by atoms with Crippen LogP contribution in [0.4, 0.5) is 5.82 Å². The molecule has 0 amide bonds. The number of fused-ring (bicyclic) bond motifs is 1. The summed E-state index contributed by atoms with van der Waals surface area (Å²) in [4.78, 5) is 4.57. The zero-order chi connectivity index (χ0) is 16.1. The number of hydrogen-bond acceptors (Lipinski definition) is 4. The van der Waals surface area contributed by atoms with Crippen LogP contribution in [-0.2, 0) is 0 Å². The summed E-state index contributed by atoms with van der Waals surface area (Å²) < 4.78 is 0. The molecule has 1 aromatic carbocycles. The van der Waals surface area contributed by atoms with Crippen molar-refractivity contribution in [3.8, 4) is 6.07 Å². The van der Waals surface area contributed by atoms with Crippen molar-refractivity contribution in [2.24, 2.45) is 0 Å². The summed E-state index contributed by atoms with van der Waals surface area (Å²) in [5, 5.41) is 20.0. The summed E-state index contributed by atoms with van der Waals surface area (Å²) in [6.45, 7) is 5.39. The molecular weight excluding hydrogens is 294 g/mol. The highest BCUT2D eigenvalue weighted by atomic mass is 32.1. The highest BCUT2D eigenvalue weighted by molar-refractivity contribution is 7.80.